The zero-order valence-electron chi connectivity index (χ0n) is 25.6. The maximum absolute atomic E-state index is 15.7. The molecule has 2 aromatic rings. The summed E-state index contributed by atoms with van der Waals surface area (Å²) in [6.45, 7) is 16.6. The highest BCUT2D eigenvalue weighted by atomic mass is 19.1. The standard InChI is InChI=1S/C36H55FO/c1-8-29-25-33(30(9-2)31(10-3)35(29)38-23-22-36(11-4,12-5)13-6)32-21-20-28(24-34(32)37)19-18-27-16-14-26(7)15-17-27/h20-21,24-27H,8-19,22-23H2,1-7H3. The van der Waals surface area contributed by atoms with Crippen LogP contribution in [-0.2, 0) is 25.7 Å². The molecule has 212 valence electrons. The van der Waals surface area contributed by atoms with E-state index < -0.39 is 0 Å². The molecule has 2 aromatic carbocycles. The number of halogens is 1. The van der Waals surface area contributed by atoms with Gasteiger partial charge in [0.1, 0.15) is 11.6 Å². The summed E-state index contributed by atoms with van der Waals surface area (Å²) in [6.07, 6.45) is 14.9. The Balaban J connectivity index is 1.85. The van der Waals surface area contributed by atoms with Gasteiger partial charge in [0, 0.05) is 5.56 Å². The average molecular weight is 523 g/mol. The van der Waals surface area contributed by atoms with Crippen LogP contribution in [0.15, 0.2) is 24.3 Å². The van der Waals surface area contributed by atoms with Gasteiger partial charge >= 0.3 is 0 Å². The summed E-state index contributed by atoms with van der Waals surface area (Å²) in [7, 11) is 0. The molecule has 1 saturated carbocycles. The average Bonchev–Trinajstić information content (AvgIpc) is 2.94. The first-order valence-electron chi connectivity index (χ1n) is 15.9. The first kappa shape index (κ1) is 30.7. The Labute approximate surface area is 234 Å². The van der Waals surface area contributed by atoms with Crippen LogP contribution in [0.4, 0.5) is 4.39 Å². The lowest BCUT2D eigenvalue weighted by atomic mass is 9.77. The smallest absolute Gasteiger partial charge is 0.131 e. The monoisotopic (exact) mass is 522 g/mol. The van der Waals surface area contributed by atoms with E-state index in [-0.39, 0.29) is 5.82 Å². The molecule has 0 bridgehead atoms. The highest BCUT2D eigenvalue weighted by Gasteiger charge is 2.25. The van der Waals surface area contributed by atoms with Crippen LogP contribution in [0.2, 0.25) is 0 Å². The summed E-state index contributed by atoms with van der Waals surface area (Å²) in [4.78, 5) is 0. The van der Waals surface area contributed by atoms with Crippen LogP contribution >= 0.6 is 0 Å². The molecule has 0 aromatic heterocycles. The van der Waals surface area contributed by atoms with Crippen molar-refractivity contribution in [1.29, 1.82) is 0 Å². The first-order chi connectivity index (χ1) is 18.3. The van der Waals surface area contributed by atoms with Crippen molar-refractivity contribution in [3.05, 3.63) is 52.3 Å². The second kappa shape index (κ2) is 14.5. The van der Waals surface area contributed by atoms with Gasteiger partial charge in [0.2, 0.25) is 0 Å². The molecule has 1 nitrogen and oxygen atoms in total. The molecule has 0 radical (unpaired) electrons. The van der Waals surface area contributed by atoms with E-state index in [4.69, 9.17) is 4.74 Å². The van der Waals surface area contributed by atoms with Gasteiger partial charge in [-0.2, -0.15) is 0 Å². The van der Waals surface area contributed by atoms with Gasteiger partial charge in [-0.1, -0.05) is 106 Å². The van der Waals surface area contributed by atoms with Crippen molar-refractivity contribution in [2.75, 3.05) is 6.61 Å². The molecule has 0 atom stereocenters. The third kappa shape index (κ3) is 7.22. The molecule has 0 saturated heterocycles. The minimum Gasteiger partial charge on any atom is -0.493 e. The molecule has 0 aliphatic heterocycles. The largest absolute Gasteiger partial charge is 0.493 e. The number of hydrogen-bond acceptors (Lipinski definition) is 1. The zero-order chi connectivity index (χ0) is 27.7. The van der Waals surface area contributed by atoms with Crippen molar-refractivity contribution >= 4 is 0 Å². The van der Waals surface area contributed by atoms with Crippen molar-refractivity contribution in [3.8, 4) is 16.9 Å². The Kier molecular flexibility index (Phi) is 11.7. The van der Waals surface area contributed by atoms with Gasteiger partial charge in [-0.25, -0.2) is 4.39 Å². The summed E-state index contributed by atoms with van der Waals surface area (Å²) in [6, 6.07) is 8.24. The molecule has 1 fully saturated rings. The zero-order valence-corrected chi connectivity index (χ0v) is 25.6. The fourth-order valence-corrected chi connectivity index (χ4v) is 6.85. The van der Waals surface area contributed by atoms with Crippen LogP contribution in [0.5, 0.6) is 5.75 Å². The Hall–Kier alpha value is -1.83. The van der Waals surface area contributed by atoms with E-state index >= 15 is 4.39 Å². The van der Waals surface area contributed by atoms with Crippen LogP contribution < -0.4 is 4.74 Å². The second-order valence-electron chi connectivity index (χ2n) is 12.1. The van der Waals surface area contributed by atoms with Crippen molar-refractivity contribution in [3.63, 3.8) is 0 Å². The van der Waals surface area contributed by atoms with E-state index in [1.54, 1.807) is 0 Å². The summed E-state index contributed by atoms with van der Waals surface area (Å²) in [5.41, 5.74) is 7.04. The number of hydrogen-bond donors (Lipinski definition) is 0. The van der Waals surface area contributed by atoms with Crippen molar-refractivity contribution in [2.45, 2.75) is 132 Å². The second-order valence-corrected chi connectivity index (χ2v) is 12.1. The van der Waals surface area contributed by atoms with Crippen LogP contribution in [0.1, 0.15) is 129 Å². The fraction of sp³-hybridized carbons (Fsp3) is 0.667. The molecule has 0 spiro atoms. The number of rotatable bonds is 14. The lowest BCUT2D eigenvalue weighted by Crippen LogP contribution is -2.21. The SMILES string of the molecule is CCc1cc(-c2ccc(CCC3CCC(C)CC3)cc2F)c(CC)c(CC)c1OCCC(CC)(CC)CC. The minimum atomic E-state index is -0.0779. The fourth-order valence-electron chi connectivity index (χ4n) is 6.85. The lowest BCUT2D eigenvalue weighted by Gasteiger charge is -2.31. The van der Waals surface area contributed by atoms with Crippen LogP contribution in [0.25, 0.3) is 11.1 Å². The molecule has 2 heteroatoms. The lowest BCUT2D eigenvalue weighted by molar-refractivity contribution is 0.172. The molecule has 1 aliphatic rings. The third-order valence-corrected chi connectivity index (χ3v) is 10.1. The van der Waals surface area contributed by atoms with Gasteiger partial charge in [-0.3, -0.25) is 0 Å². The molecule has 0 N–H and O–H groups in total. The minimum absolute atomic E-state index is 0.0779. The summed E-state index contributed by atoms with van der Waals surface area (Å²) in [5.74, 6) is 2.67. The molecule has 1 aliphatic carbocycles. The number of ether oxygens (including phenoxy) is 1. The summed E-state index contributed by atoms with van der Waals surface area (Å²) in [5, 5.41) is 0. The van der Waals surface area contributed by atoms with Crippen molar-refractivity contribution in [2.24, 2.45) is 17.3 Å². The maximum atomic E-state index is 15.7. The van der Waals surface area contributed by atoms with Gasteiger partial charge in [-0.15, -0.1) is 0 Å². The third-order valence-electron chi connectivity index (χ3n) is 10.1. The molecule has 0 amide bonds. The predicted molar refractivity (Wildman–Crippen MR) is 163 cm³/mol. The summed E-state index contributed by atoms with van der Waals surface area (Å²) >= 11 is 0. The van der Waals surface area contributed by atoms with Crippen molar-refractivity contribution in [1.82, 2.24) is 0 Å². The van der Waals surface area contributed by atoms with Gasteiger partial charge in [-0.05, 0) is 95.7 Å². The first-order valence-corrected chi connectivity index (χ1v) is 15.9. The van der Waals surface area contributed by atoms with Crippen LogP contribution in [0.3, 0.4) is 0 Å². The highest BCUT2D eigenvalue weighted by molar-refractivity contribution is 5.73. The van der Waals surface area contributed by atoms with E-state index in [0.717, 1.165) is 73.0 Å². The molecular formula is C36H55FO. The van der Waals surface area contributed by atoms with Gasteiger partial charge in [0.05, 0.1) is 6.61 Å². The van der Waals surface area contributed by atoms with Crippen LogP contribution in [-0.4, -0.2) is 6.61 Å². The van der Waals surface area contributed by atoms with Gasteiger partial charge < -0.3 is 4.74 Å². The molecule has 38 heavy (non-hydrogen) atoms. The number of aryl methyl sites for hydroxylation is 2. The predicted octanol–water partition coefficient (Wildman–Crippen LogP) is 10.9. The van der Waals surface area contributed by atoms with Gasteiger partial charge in [0.25, 0.3) is 0 Å². The normalized spacial score (nSPS) is 18.1. The Bertz CT molecular complexity index is 1000. The molecule has 0 heterocycles. The topological polar surface area (TPSA) is 9.23 Å². The number of benzene rings is 2. The van der Waals surface area contributed by atoms with E-state index in [9.17, 15) is 0 Å². The van der Waals surface area contributed by atoms with E-state index in [0.29, 0.717) is 5.41 Å². The van der Waals surface area contributed by atoms with E-state index in [1.807, 2.05) is 12.1 Å². The van der Waals surface area contributed by atoms with E-state index in [2.05, 4.69) is 60.6 Å². The van der Waals surface area contributed by atoms with Crippen molar-refractivity contribution < 1.29 is 9.13 Å². The highest BCUT2D eigenvalue weighted by Crippen LogP contribution is 2.40. The Morgan fingerprint density at radius 3 is 2.03 bits per heavy atom. The van der Waals surface area contributed by atoms with Crippen LogP contribution in [0, 0.1) is 23.1 Å². The molecule has 3 rings (SSSR count). The molecular weight excluding hydrogens is 467 g/mol. The maximum Gasteiger partial charge on any atom is 0.131 e. The Morgan fingerprint density at radius 1 is 0.816 bits per heavy atom. The quantitative estimate of drug-likeness (QED) is 0.240. The summed E-state index contributed by atoms with van der Waals surface area (Å²) < 4.78 is 22.3. The Morgan fingerprint density at radius 2 is 1.47 bits per heavy atom. The molecule has 0 unspecified atom stereocenters. The van der Waals surface area contributed by atoms with E-state index in [1.165, 1.54) is 68.1 Å². The van der Waals surface area contributed by atoms with Gasteiger partial charge in [0.15, 0.2) is 0 Å².